The van der Waals surface area contributed by atoms with Crippen LogP contribution in [0.15, 0.2) is 59.4 Å². The van der Waals surface area contributed by atoms with E-state index in [0.717, 1.165) is 56.7 Å². The summed E-state index contributed by atoms with van der Waals surface area (Å²) < 4.78 is 2.07. The van der Waals surface area contributed by atoms with E-state index >= 15 is 0 Å². The van der Waals surface area contributed by atoms with Gasteiger partial charge < -0.3 is 9.47 Å². The minimum atomic E-state index is 0.153. The Balaban J connectivity index is 1.26. The van der Waals surface area contributed by atoms with E-state index in [4.69, 9.17) is 0 Å². The Morgan fingerprint density at radius 3 is 2.48 bits per heavy atom. The molecule has 5 nitrogen and oxygen atoms in total. The van der Waals surface area contributed by atoms with Gasteiger partial charge in [0, 0.05) is 62.9 Å². The highest BCUT2D eigenvalue weighted by Crippen LogP contribution is 2.37. The van der Waals surface area contributed by atoms with E-state index in [1.165, 1.54) is 22.9 Å². The predicted octanol–water partition coefficient (Wildman–Crippen LogP) is 4.10. The zero-order valence-electron chi connectivity index (χ0n) is 19.2. The van der Waals surface area contributed by atoms with Crippen LogP contribution in [0.5, 0.6) is 0 Å². The van der Waals surface area contributed by atoms with Crippen LogP contribution in [0.3, 0.4) is 0 Å². The maximum atomic E-state index is 13.6. The van der Waals surface area contributed by atoms with Gasteiger partial charge in [-0.25, -0.2) is 0 Å². The quantitative estimate of drug-likeness (QED) is 0.602. The number of aromatic nitrogens is 1. The summed E-state index contributed by atoms with van der Waals surface area (Å²) in [5.41, 5.74) is 3.16. The summed E-state index contributed by atoms with van der Waals surface area (Å²) >= 11 is 0. The molecule has 4 heterocycles. The first-order valence-corrected chi connectivity index (χ1v) is 12.3. The van der Waals surface area contributed by atoms with Crippen LogP contribution in [0.2, 0.25) is 0 Å². The SMILES string of the molecule is CC(=O)N1CCC(N2C[C@H]3C[C@H](C2)c2ccc(-c4ccc5ccccc5c4)c(=O)n2C3)CC1. The van der Waals surface area contributed by atoms with Crippen LogP contribution < -0.4 is 5.56 Å². The Hall–Kier alpha value is -2.92. The van der Waals surface area contributed by atoms with Crippen molar-refractivity contribution in [1.29, 1.82) is 0 Å². The van der Waals surface area contributed by atoms with Crippen LogP contribution in [0.4, 0.5) is 0 Å². The minimum absolute atomic E-state index is 0.153. The number of carbonyl (C=O) groups is 1. The normalized spacial score (nSPS) is 23.5. The molecule has 0 spiro atoms. The van der Waals surface area contributed by atoms with Crippen molar-refractivity contribution in [3.05, 3.63) is 70.6 Å². The molecule has 3 aliphatic heterocycles. The van der Waals surface area contributed by atoms with E-state index in [1.54, 1.807) is 6.92 Å². The number of pyridine rings is 1. The highest BCUT2D eigenvalue weighted by atomic mass is 16.2. The largest absolute Gasteiger partial charge is 0.343 e. The number of hydrogen-bond acceptors (Lipinski definition) is 3. The number of likely N-dealkylation sites (tertiary alicyclic amines) is 2. The molecule has 170 valence electrons. The maximum Gasteiger partial charge on any atom is 0.258 e. The Kier molecular flexibility index (Phi) is 5.10. The number of carbonyl (C=O) groups excluding carboxylic acids is 1. The lowest BCUT2D eigenvalue weighted by Gasteiger charge is -2.47. The summed E-state index contributed by atoms with van der Waals surface area (Å²) in [6.45, 7) is 6.32. The average Bonchev–Trinajstić information content (AvgIpc) is 2.84. The van der Waals surface area contributed by atoms with Gasteiger partial charge in [0.1, 0.15) is 0 Å². The third-order valence-corrected chi connectivity index (χ3v) is 8.12. The Labute approximate surface area is 194 Å². The molecule has 0 radical (unpaired) electrons. The molecule has 33 heavy (non-hydrogen) atoms. The summed E-state index contributed by atoms with van der Waals surface area (Å²) in [7, 11) is 0. The van der Waals surface area contributed by atoms with Gasteiger partial charge in [-0.05, 0) is 59.7 Å². The van der Waals surface area contributed by atoms with E-state index in [0.29, 0.717) is 17.9 Å². The van der Waals surface area contributed by atoms with Gasteiger partial charge in [0.25, 0.3) is 5.56 Å². The van der Waals surface area contributed by atoms with Crippen LogP contribution in [0.25, 0.3) is 21.9 Å². The smallest absolute Gasteiger partial charge is 0.258 e. The maximum absolute atomic E-state index is 13.6. The lowest BCUT2D eigenvalue weighted by atomic mass is 9.81. The lowest BCUT2D eigenvalue weighted by Crippen LogP contribution is -2.53. The van der Waals surface area contributed by atoms with E-state index in [2.05, 4.69) is 45.9 Å². The molecule has 0 aliphatic carbocycles. The van der Waals surface area contributed by atoms with E-state index in [9.17, 15) is 9.59 Å². The van der Waals surface area contributed by atoms with Crippen molar-refractivity contribution in [3.63, 3.8) is 0 Å². The summed E-state index contributed by atoms with van der Waals surface area (Å²) in [5, 5.41) is 2.36. The van der Waals surface area contributed by atoms with E-state index < -0.39 is 0 Å². The van der Waals surface area contributed by atoms with Crippen LogP contribution in [0.1, 0.15) is 37.8 Å². The first-order valence-electron chi connectivity index (χ1n) is 12.3. The number of hydrogen-bond donors (Lipinski definition) is 0. The van der Waals surface area contributed by atoms with Crippen LogP contribution in [-0.2, 0) is 11.3 Å². The lowest BCUT2D eigenvalue weighted by molar-refractivity contribution is -0.130. The van der Waals surface area contributed by atoms with E-state index in [1.807, 2.05) is 23.1 Å². The molecule has 0 unspecified atom stereocenters. The van der Waals surface area contributed by atoms with Gasteiger partial charge in [-0.3, -0.25) is 14.5 Å². The first-order chi connectivity index (χ1) is 16.1. The summed E-state index contributed by atoms with van der Waals surface area (Å²) in [5.74, 6) is 1.13. The van der Waals surface area contributed by atoms with Crippen molar-refractivity contribution in [2.24, 2.45) is 5.92 Å². The monoisotopic (exact) mass is 441 g/mol. The highest BCUT2D eigenvalue weighted by molar-refractivity contribution is 5.87. The Morgan fingerprint density at radius 1 is 0.909 bits per heavy atom. The number of fused-ring (bicyclic) bond motifs is 5. The van der Waals surface area contributed by atoms with Crippen LogP contribution in [0, 0.1) is 5.92 Å². The predicted molar refractivity (Wildman–Crippen MR) is 131 cm³/mol. The fourth-order valence-corrected chi connectivity index (χ4v) is 6.40. The zero-order chi connectivity index (χ0) is 22.5. The molecule has 2 aromatic carbocycles. The number of piperidine rings is 2. The molecule has 0 N–H and O–H groups in total. The summed E-state index contributed by atoms with van der Waals surface area (Å²) in [4.78, 5) is 29.9. The molecule has 2 bridgehead atoms. The third kappa shape index (κ3) is 3.68. The summed E-state index contributed by atoms with van der Waals surface area (Å²) in [6.07, 6.45) is 3.30. The van der Waals surface area contributed by atoms with Crippen LogP contribution in [-0.4, -0.2) is 52.5 Å². The van der Waals surface area contributed by atoms with Crippen molar-refractivity contribution >= 4 is 16.7 Å². The topological polar surface area (TPSA) is 45.6 Å². The van der Waals surface area contributed by atoms with Gasteiger partial charge in [-0.2, -0.15) is 0 Å². The molecule has 3 aliphatic rings. The minimum Gasteiger partial charge on any atom is -0.343 e. The van der Waals surface area contributed by atoms with Crippen molar-refractivity contribution in [2.45, 2.75) is 44.7 Å². The van der Waals surface area contributed by atoms with Crippen molar-refractivity contribution in [2.75, 3.05) is 26.2 Å². The average molecular weight is 442 g/mol. The molecule has 0 saturated carbocycles. The number of amides is 1. The van der Waals surface area contributed by atoms with Gasteiger partial charge in [-0.1, -0.05) is 36.4 Å². The molecule has 3 aromatic rings. The molecular formula is C28H31N3O2. The van der Waals surface area contributed by atoms with Crippen molar-refractivity contribution in [3.8, 4) is 11.1 Å². The second-order valence-electron chi connectivity index (χ2n) is 10.1. The molecular weight excluding hydrogens is 410 g/mol. The second-order valence-corrected chi connectivity index (χ2v) is 10.1. The Morgan fingerprint density at radius 2 is 1.70 bits per heavy atom. The van der Waals surface area contributed by atoms with Gasteiger partial charge >= 0.3 is 0 Å². The molecule has 2 fully saturated rings. The molecule has 6 rings (SSSR count). The van der Waals surface area contributed by atoms with E-state index in [-0.39, 0.29) is 11.5 Å². The number of rotatable bonds is 2. The number of benzene rings is 2. The fraction of sp³-hybridized carbons (Fsp3) is 0.429. The Bertz CT molecular complexity index is 1270. The molecule has 1 aromatic heterocycles. The molecule has 2 atom stereocenters. The van der Waals surface area contributed by atoms with Gasteiger partial charge in [0.15, 0.2) is 0 Å². The third-order valence-electron chi connectivity index (χ3n) is 8.12. The molecule has 1 amide bonds. The highest BCUT2D eigenvalue weighted by Gasteiger charge is 2.38. The number of nitrogens with zero attached hydrogens (tertiary/aromatic N) is 3. The van der Waals surface area contributed by atoms with Gasteiger partial charge in [0.05, 0.1) is 0 Å². The van der Waals surface area contributed by atoms with Crippen LogP contribution >= 0.6 is 0 Å². The fourth-order valence-electron chi connectivity index (χ4n) is 6.40. The second kappa shape index (κ2) is 8.14. The van der Waals surface area contributed by atoms with Crippen molar-refractivity contribution < 1.29 is 4.79 Å². The van der Waals surface area contributed by atoms with Gasteiger partial charge in [0.2, 0.25) is 5.91 Å². The first kappa shape index (κ1) is 20.7. The molecule has 5 heteroatoms. The summed E-state index contributed by atoms with van der Waals surface area (Å²) in [6, 6.07) is 19.4. The zero-order valence-corrected chi connectivity index (χ0v) is 19.2. The van der Waals surface area contributed by atoms with Gasteiger partial charge in [-0.15, -0.1) is 0 Å². The van der Waals surface area contributed by atoms with Crippen molar-refractivity contribution in [1.82, 2.24) is 14.4 Å². The standard InChI is InChI=1S/C28H31N3O2/c1-19(32)29-12-10-25(11-13-29)30-16-20-14-24(18-30)27-9-8-26(28(33)31(27)17-20)23-7-6-21-4-2-3-5-22(21)15-23/h2-9,15,20,24-25H,10-14,16-18H2,1H3/t20-,24-/m1/s1. The molecule has 2 saturated heterocycles.